The molecule has 5 heteroatoms. The van der Waals surface area contributed by atoms with Gasteiger partial charge in [-0.1, -0.05) is 53.7 Å². The van der Waals surface area contributed by atoms with Crippen molar-refractivity contribution in [3.63, 3.8) is 0 Å². The molecule has 0 atom stereocenters. The smallest absolute Gasteiger partial charge is 0.292 e. The van der Waals surface area contributed by atoms with Crippen molar-refractivity contribution in [1.29, 1.82) is 0 Å². The minimum Gasteiger partial charge on any atom is -0.382 e. The number of hydrogen-bond acceptors (Lipinski definition) is 4. The molecule has 0 aliphatic carbocycles. The highest BCUT2D eigenvalue weighted by Gasteiger charge is 2.26. The van der Waals surface area contributed by atoms with Crippen LogP contribution in [0.3, 0.4) is 0 Å². The summed E-state index contributed by atoms with van der Waals surface area (Å²) in [5.74, 6) is 0.219. The number of aromatic nitrogens is 1. The summed E-state index contributed by atoms with van der Waals surface area (Å²) in [6.45, 7) is 1.43. The highest BCUT2D eigenvalue weighted by Crippen LogP contribution is 2.22. The van der Waals surface area contributed by atoms with Crippen molar-refractivity contribution in [3.05, 3.63) is 72.5 Å². The molecule has 1 aliphatic heterocycles. The fraction of sp³-hybridized carbons (Fsp3) is 0.238. The van der Waals surface area contributed by atoms with Crippen LogP contribution in [0.25, 0.3) is 11.3 Å². The highest BCUT2D eigenvalue weighted by molar-refractivity contribution is 5.92. The predicted molar refractivity (Wildman–Crippen MR) is 101 cm³/mol. The highest BCUT2D eigenvalue weighted by atomic mass is 16.5. The van der Waals surface area contributed by atoms with Gasteiger partial charge >= 0.3 is 0 Å². The van der Waals surface area contributed by atoms with Crippen LogP contribution in [0.1, 0.15) is 23.4 Å². The van der Waals surface area contributed by atoms with Crippen molar-refractivity contribution in [3.8, 4) is 11.3 Å². The summed E-state index contributed by atoms with van der Waals surface area (Å²) in [4.78, 5) is 14.5. The molecule has 0 saturated carbocycles. The molecule has 2 aromatic carbocycles. The van der Waals surface area contributed by atoms with Crippen molar-refractivity contribution in [1.82, 2.24) is 10.1 Å². The third-order valence-corrected chi connectivity index (χ3v) is 4.72. The Morgan fingerprint density at radius 3 is 2.35 bits per heavy atom. The summed E-state index contributed by atoms with van der Waals surface area (Å²) in [6, 6.07) is 22.0. The van der Waals surface area contributed by atoms with Gasteiger partial charge in [-0.25, -0.2) is 0 Å². The number of nitrogens with one attached hydrogen (secondary N) is 1. The number of rotatable bonds is 4. The molecule has 26 heavy (non-hydrogen) atoms. The van der Waals surface area contributed by atoms with Gasteiger partial charge in [-0.3, -0.25) is 4.79 Å². The Morgan fingerprint density at radius 2 is 1.65 bits per heavy atom. The van der Waals surface area contributed by atoms with Crippen molar-refractivity contribution in [2.75, 3.05) is 18.4 Å². The molecule has 0 radical (unpaired) electrons. The molecule has 1 amide bonds. The maximum absolute atomic E-state index is 12.7. The van der Waals surface area contributed by atoms with E-state index in [1.807, 2.05) is 53.4 Å². The average molecular weight is 347 g/mol. The number of para-hydroxylation sites is 1. The van der Waals surface area contributed by atoms with Crippen LogP contribution in [0.4, 0.5) is 5.69 Å². The number of piperidine rings is 1. The summed E-state index contributed by atoms with van der Waals surface area (Å²) < 4.78 is 5.30. The monoisotopic (exact) mass is 347 g/mol. The second kappa shape index (κ2) is 7.44. The third-order valence-electron chi connectivity index (χ3n) is 4.72. The van der Waals surface area contributed by atoms with Crippen molar-refractivity contribution >= 4 is 11.6 Å². The number of anilines is 1. The zero-order valence-corrected chi connectivity index (χ0v) is 14.5. The average Bonchev–Trinajstić information content (AvgIpc) is 3.20. The van der Waals surface area contributed by atoms with E-state index in [1.54, 1.807) is 6.07 Å². The van der Waals surface area contributed by atoms with Gasteiger partial charge in [-0.2, -0.15) is 0 Å². The number of carbonyl (C=O) groups is 1. The lowest BCUT2D eigenvalue weighted by Gasteiger charge is -2.32. The van der Waals surface area contributed by atoms with Crippen LogP contribution in [0.5, 0.6) is 0 Å². The molecule has 0 spiro atoms. The molecule has 0 unspecified atom stereocenters. The van der Waals surface area contributed by atoms with Gasteiger partial charge in [-0.05, 0) is 25.0 Å². The first-order chi connectivity index (χ1) is 12.8. The Morgan fingerprint density at radius 1 is 1.00 bits per heavy atom. The lowest BCUT2D eigenvalue weighted by atomic mass is 10.0. The van der Waals surface area contributed by atoms with Crippen LogP contribution in [0.2, 0.25) is 0 Å². The Kier molecular flexibility index (Phi) is 4.69. The molecule has 0 bridgehead atoms. The fourth-order valence-corrected chi connectivity index (χ4v) is 3.27. The summed E-state index contributed by atoms with van der Waals surface area (Å²) in [7, 11) is 0. The maximum atomic E-state index is 12.7. The van der Waals surface area contributed by atoms with Crippen LogP contribution in [0, 0.1) is 0 Å². The summed E-state index contributed by atoms with van der Waals surface area (Å²) >= 11 is 0. The largest absolute Gasteiger partial charge is 0.382 e. The van der Waals surface area contributed by atoms with E-state index in [2.05, 4.69) is 22.6 Å². The Balaban J connectivity index is 1.36. The molecule has 4 rings (SSSR count). The van der Waals surface area contributed by atoms with Crippen LogP contribution in [0.15, 0.2) is 71.3 Å². The van der Waals surface area contributed by atoms with Gasteiger partial charge in [0.15, 0.2) is 0 Å². The zero-order valence-electron chi connectivity index (χ0n) is 14.5. The lowest BCUT2D eigenvalue weighted by molar-refractivity contribution is 0.0676. The number of amides is 1. The zero-order chi connectivity index (χ0) is 17.8. The minimum absolute atomic E-state index is 0.0853. The van der Waals surface area contributed by atoms with E-state index >= 15 is 0 Å². The van der Waals surface area contributed by atoms with Crippen molar-refractivity contribution in [2.24, 2.45) is 0 Å². The Hall–Kier alpha value is -3.08. The van der Waals surface area contributed by atoms with E-state index in [9.17, 15) is 4.79 Å². The van der Waals surface area contributed by atoms with Gasteiger partial charge < -0.3 is 14.7 Å². The molecule has 5 nitrogen and oxygen atoms in total. The van der Waals surface area contributed by atoms with Gasteiger partial charge in [-0.15, -0.1) is 0 Å². The lowest BCUT2D eigenvalue weighted by Crippen LogP contribution is -2.42. The molecule has 2 heterocycles. The third kappa shape index (κ3) is 3.61. The number of benzene rings is 2. The summed E-state index contributed by atoms with van der Waals surface area (Å²) in [6.07, 6.45) is 1.83. The number of nitrogens with zero attached hydrogens (tertiary/aromatic N) is 2. The summed E-state index contributed by atoms with van der Waals surface area (Å²) in [5, 5.41) is 7.57. The maximum Gasteiger partial charge on any atom is 0.292 e. The first kappa shape index (κ1) is 16.4. The molecular weight excluding hydrogens is 326 g/mol. The van der Waals surface area contributed by atoms with Crippen LogP contribution < -0.4 is 5.32 Å². The molecular formula is C21H21N3O2. The van der Waals surface area contributed by atoms with Gasteiger partial charge in [0.1, 0.15) is 5.69 Å². The molecule has 132 valence electrons. The van der Waals surface area contributed by atoms with Gasteiger partial charge in [0, 0.05) is 36.4 Å². The molecule has 1 aliphatic rings. The van der Waals surface area contributed by atoms with Crippen LogP contribution >= 0.6 is 0 Å². The molecule has 1 aromatic heterocycles. The van der Waals surface area contributed by atoms with E-state index in [1.165, 1.54) is 0 Å². The minimum atomic E-state index is -0.0853. The number of hydrogen-bond donors (Lipinski definition) is 1. The van der Waals surface area contributed by atoms with E-state index < -0.39 is 0 Å². The van der Waals surface area contributed by atoms with Gasteiger partial charge in [0.2, 0.25) is 5.76 Å². The topological polar surface area (TPSA) is 58.4 Å². The van der Waals surface area contributed by atoms with Gasteiger partial charge in [0.25, 0.3) is 5.91 Å². The van der Waals surface area contributed by atoms with E-state index in [0.29, 0.717) is 30.6 Å². The SMILES string of the molecule is O=C(c1cc(-c2ccccc2)no1)N1CCC(Nc2ccccc2)CC1. The van der Waals surface area contributed by atoms with Crippen LogP contribution in [-0.4, -0.2) is 35.1 Å². The standard InChI is InChI=1S/C21H21N3O2/c25-21(20-15-19(23-26-20)16-7-3-1-4-8-16)24-13-11-18(12-14-24)22-17-9-5-2-6-10-17/h1-10,15,18,22H,11-14H2. The Labute approximate surface area is 152 Å². The fourth-order valence-electron chi connectivity index (χ4n) is 3.27. The molecule has 1 saturated heterocycles. The normalized spacial score (nSPS) is 15.0. The van der Waals surface area contributed by atoms with Gasteiger partial charge in [0.05, 0.1) is 0 Å². The number of likely N-dealkylation sites (tertiary alicyclic amines) is 1. The van der Waals surface area contributed by atoms with E-state index in [4.69, 9.17) is 4.52 Å². The van der Waals surface area contributed by atoms with Crippen molar-refractivity contribution in [2.45, 2.75) is 18.9 Å². The van der Waals surface area contributed by atoms with Crippen molar-refractivity contribution < 1.29 is 9.32 Å². The second-order valence-electron chi connectivity index (χ2n) is 6.52. The molecule has 1 fully saturated rings. The van der Waals surface area contributed by atoms with Crippen LogP contribution in [-0.2, 0) is 0 Å². The molecule has 3 aromatic rings. The van der Waals surface area contributed by atoms with E-state index in [-0.39, 0.29) is 5.91 Å². The quantitative estimate of drug-likeness (QED) is 0.773. The van der Waals surface area contributed by atoms with E-state index in [0.717, 1.165) is 24.1 Å². The second-order valence-corrected chi connectivity index (χ2v) is 6.52. The first-order valence-corrected chi connectivity index (χ1v) is 8.92. The molecule has 1 N–H and O–H groups in total. The summed E-state index contributed by atoms with van der Waals surface area (Å²) in [5.41, 5.74) is 2.76. The first-order valence-electron chi connectivity index (χ1n) is 8.92. The predicted octanol–water partition coefficient (Wildman–Crippen LogP) is 4.06. The Bertz CT molecular complexity index is 853. The number of carbonyl (C=O) groups excluding carboxylic acids is 1.